The van der Waals surface area contributed by atoms with Gasteiger partial charge in [-0.25, -0.2) is 0 Å². The molecule has 1 aromatic heterocycles. The average Bonchev–Trinajstić information content (AvgIpc) is 3.13. The Labute approximate surface area is 111 Å². The van der Waals surface area contributed by atoms with Gasteiger partial charge in [-0.3, -0.25) is 4.79 Å². The molecule has 1 aromatic carbocycles. The van der Waals surface area contributed by atoms with Crippen molar-refractivity contribution in [3.05, 3.63) is 36.1 Å². The van der Waals surface area contributed by atoms with Gasteiger partial charge in [0.25, 0.3) is 5.91 Å². The van der Waals surface area contributed by atoms with Crippen LogP contribution in [0.2, 0.25) is 0 Å². The van der Waals surface area contributed by atoms with E-state index in [0.29, 0.717) is 11.6 Å². The lowest BCUT2D eigenvalue weighted by molar-refractivity contribution is 0.0928. The monoisotopic (exact) mass is 256 g/mol. The van der Waals surface area contributed by atoms with Crippen LogP contribution in [0, 0.1) is 5.92 Å². The van der Waals surface area contributed by atoms with Gasteiger partial charge in [-0.15, -0.1) is 0 Å². The van der Waals surface area contributed by atoms with E-state index in [2.05, 4.69) is 10.6 Å². The summed E-state index contributed by atoms with van der Waals surface area (Å²) in [6.07, 6.45) is 3.95. The van der Waals surface area contributed by atoms with Gasteiger partial charge in [-0.1, -0.05) is 6.07 Å². The molecule has 19 heavy (non-hydrogen) atoms. The van der Waals surface area contributed by atoms with Crippen molar-refractivity contribution in [2.45, 2.75) is 24.9 Å². The Morgan fingerprint density at radius 2 is 2.26 bits per heavy atom. The van der Waals surface area contributed by atoms with Crippen LogP contribution in [0.4, 0.5) is 0 Å². The molecule has 0 unspecified atom stereocenters. The number of carbonyl (C=O) groups excluding carboxylic acids is 1. The highest BCUT2D eigenvalue weighted by atomic mass is 16.3. The predicted octanol–water partition coefficient (Wildman–Crippen LogP) is 1.91. The lowest BCUT2D eigenvalue weighted by Gasteiger charge is -2.23. The summed E-state index contributed by atoms with van der Waals surface area (Å²) in [6, 6.07) is 8.22. The van der Waals surface area contributed by atoms with E-state index in [9.17, 15) is 4.79 Å². The normalized spacial score (nSPS) is 28.9. The molecular weight excluding hydrogens is 240 g/mol. The SMILES string of the molecule is O=C(N[C@@H]1C[C@@H]2CN[C@@H]1C2)c1ccc2ccoc2c1. The van der Waals surface area contributed by atoms with E-state index in [4.69, 9.17) is 4.42 Å². The first-order chi connectivity index (χ1) is 9.29. The molecule has 1 aliphatic carbocycles. The molecule has 2 aromatic rings. The summed E-state index contributed by atoms with van der Waals surface area (Å²) in [7, 11) is 0. The molecule has 0 radical (unpaired) electrons. The van der Waals surface area contributed by atoms with Crippen molar-refractivity contribution in [3.8, 4) is 0 Å². The first kappa shape index (κ1) is 11.1. The zero-order valence-corrected chi connectivity index (χ0v) is 10.6. The van der Waals surface area contributed by atoms with E-state index in [-0.39, 0.29) is 11.9 Å². The number of carbonyl (C=O) groups is 1. The number of rotatable bonds is 2. The molecule has 0 spiro atoms. The largest absolute Gasteiger partial charge is 0.464 e. The molecule has 2 fully saturated rings. The van der Waals surface area contributed by atoms with E-state index in [1.54, 1.807) is 6.26 Å². The van der Waals surface area contributed by atoms with Crippen molar-refractivity contribution in [2.75, 3.05) is 6.54 Å². The Morgan fingerprint density at radius 3 is 3.05 bits per heavy atom. The van der Waals surface area contributed by atoms with Gasteiger partial charge in [0.2, 0.25) is 0 Å². The van der Waals surface area contributed by atoms with Crippen molar-refractivity contribution in [1.82, 2.24) is 10.6 Å². The topological polar surface area (TPSA) is 54.3 Å². The Balaban J connectivity index is 1.53. The van der Waals surface area contributed by atoms with Crippen LogP contribution in [-0.4, -0.2) is 24.5 Å². The minimum Gasteiger partial charge on any atom is -0.464 e. The van der Waals surface area contributed by atoms with Crippen LogP contribution in [0.15, 0.2) is 34.9 Å². The summed E-state index contributed by atoms with van der Waals surface area (Å²) in [5.74, 6) is 0.737. The summed E-state index contributed by atoms with van der Waals surface area (Å²) in [5.41, 5.74) is 1.43. The molecule has 1 saturated heterocycles. The number of furan rings is 1. The standard InChI is InChI=1S/C15H16N2O2/c18-15(17-13-6-9-5-12(13)16-8-9)11-2-1-10-3-4-19-14(10)7-11/h1-4,7,9,12-13,16H,5-6,8H2,(H,17,18)/t9-,12-,13-/m1/s1. The van der Waals surface area contributed by atoms with Gasteiger partial charge in [0, 0.05) is 23.0 Å². The number of piperidine rings is 1. The highest BCUT2D eigenvalue weighted by Crippen LogP contribution is 2.31. The van der Waals surface area contributed by atoms with Gasteiger partial charge < -0.3 is 15.1 Å². The molecule has 2 N–H and O–H groups in total. The van der Waals surface area contributed by atoms with Crippen LogP contribution in [0.25, 0.3) is 11.0 Å². The fraction of sp³-hybridized carbons (Fsp3) is 0.400. The third kappa shape index (κ3) is 1.83. The van der Waals surface area contributed by atoms with Crippen LogP contribution in [0.3, 0.4) is 0 Å². The maximum Gasteiger partial charge on any atom is 0.251 e. The van der Waals surface area contributed by atoms with Crippen LogP contribution < -0.4 is 10.6 Å². The molecule has 1 aliphatic heterocycles. The van der Waals surface area contributed by atoms with Crippen molar-refractivity contribution in [3.63, 3.8) is 0 Å². The molecule has 2 heterocycles. The van der Waals surface area contributed by atoms with Crippen LogP contribution in [0.1, 0.15) is 23.2 Å². The molecule has 2 aliphatic rings. The molecule has 4 heteroatoms. The van der Waals surface area contributed by atoms with Gasteiger partial charge in [0.1, 0.15) is 5.58 Å². The van der Waals surface area contributed by atoms with Crippen molar-refractivity contribution < 1.29 is 9.21 Å². The number of hydrogen-bond acceptors (Lipinski definition) is 3. The Morgan fingerprint density at radius 1 is 1.32 bits per heavy atom. The second-order valence-electron chi connectivity index (χ2n) is 5.61. The molecular formula is C15H16N2O2. The zero-order valence-electron chi connectivity index (χ0n) is 10.6. The smallest absolute Gasteiger partial charge is 0.251 e. The molecule has 1 amide bonds. The molecule has 4 rings (SSSR count). The maximum atomic E-state index is 12.3. The third-order valence-corrected chi connectivity index (χ3v) is 4.36. The lowest BCUT2D eigenvalue weighted by atomic mass is 10.1. The minimum absolute atomic E-state index is 0.00218. The highest BCUT2D eigenvalue weighted by molar-refractivity contribution is 5.97. The fourth-order valence-electron chi connectivity index (χ4n) is 3.36. The second-order valence-corrected chi connectivity index (χ2v) is 5.61. The first-order valence-corrected chi connectivity index (χ1v) is 6.81. The molecule has 2 bridgehead atoms. The lowest BCUT2D eigenvalue weighted by Crippen LogP contribution is -2.47. The summed E-state index contributed by atoms with van der Waals surface area (Å²) < 4.78 is 5.34. The third-order valence-electron chi connectivity index (χ3n) is 4.36. The van der Waals surface area contributed by atoms with Crippen LogP contribution >= 0.6 is 0 Å². The predicted molar refractivity (Wildman–Crippen MR) is 72.0 cm³/mol. The zero-order chi connectivity index (χ0) is 12.8. The van der Waals surface area contributed by atoms with Gasteiger partial charge in [-0.2, -0.15) is 0 Å². The number of amides is 1. The maximum absolute atomic E-state index is 12.3. The first-order valence-electron chi connectivity index (χ1n) is 6.81. The Bertz CT molecular complexity index is 634. The second kappa shape index (κ2) is 4.10. The molecule has 98 valence electrons. The fourth-order valence-corrected chi connectivity index (χ4v) is 3.36. The van der Waals surface area contributed by atoms with Crippen LogP contribution in [0.5, 0.6) is 0 Å². The van der Waals surface area contributed by atoms with Crippen molar-refractivity contribution >= 4 is 16.9 Å². The van der Waals surface area contributed by atoms with E-state index in [0.717, 1.165) is 29.9 Å². The van der Waals surface area contributed by atoms with E-state index < -0.39 is 0 Å². The minimum atomic E-state index is -0.00218. The number of fused-ring (bicyclic) bond motifs is 3. The van der Waals surface area contributed by atoms with Crippen molar-refractivity contribution in [1.29, 1.82) is 0 Å². The Hall–Kier alpha value is -1.81. The van der Waals surface area contributed by atoms with E-state index in [1.165, 1.54) is 6.42 Å². The molecule has 4 nitrogen and oxygen atoms in total. The number of nitrogens with one attached hydrogen (secondary N) is 2. The number of benzene rings is 1. The van der Waals surface area contributed by atoms with Crippen LogP contribution in [-0.2, 0) is 0 Å². The molecule has 1 saturated carbocycles. The Kier molecular flexibility index (Phi) is 2.38. The van der Waals surface area contributed by atoms with E-state index >= 15 is 0 Å². The quantitative estimate of drug-likeness (QED) is 0.863. The van der Waals surface area contributed by atoms with Gasteiger partial charge >= 0.3 is 0 Å². The highest BCUT2D eigenvalue weighted by Gasteiger charge is 2.40. The van der Waals surface area contributed by atoms with Crippen molar-refractivity contribution in [2.24, 2.45) is 5.92 Å². The van der Waals surface area contributed by atoms with Gasteiger partial charge in [0.15, 0.2) is 0 Å². The summed E-state index contributed by atoms with van der Waals surface area (Å²) in [6.45, 7) is 1.11. The van der Waals surface area contributed by atoms with E-state index in [1.807, 2.05) is 24.3 Å². The summed E-state index contributed by atoms with van der Waals surface area (Å²) in [4.78, 5) is 12.3. The van der Waals surface area contributed by atoms with Gasteiger partial charge in [0.05, 0.1) is 6.26 Å². The average molecular weight is 256 g/mol. The van der Waals surface area contributed by atoms with Gasteiger partial charge in [-0.05, 0) is 43.5 Å². The molecule has 3 atom stereocenters. The number of hydrogen-bond donors (Lipinski definition) is 2. The summed E-state index contributed by atoms with van der Waals surface area (Å²) >= 11 is 0. The summed E-state index contributed by atoms with van der Waals surface area (Å²) in [5, 5.41) is 7.62.